The van der Waals surface area contributed by atoms with Gasteiger partial charge >= 0.3 is 5.97 Å². The van der Waals surface area contributed by atoms with Gasteiger partial charge in [0, 0.05) is 111 Å². The summed E-state index contributed by atoms with van der Waals surface area (Å²) >= 11 is 0. The number of pyridine rings is 3. The first-order chi connectivity index (χ1) is 32.7. The molecule has 2 fully saturated rings. The SMILES string of the molecule is COc1cc(C)[nH]c(=O)c1CNC(=O)c1cc2c(-c3ccnn3C)ccn2c(C(C)N2CCOCC2)c1C.Cc1c(C(=O)O)cc2c(-c3ccnn3C)ccn2c1C(C)N1CCOCC1.[2H]CF. The molecule has 0 aromatic carbocycles. The van der Waals surface area contributed by atoms with Gasteiger partial charge in [0.05, 0.1) is 82.2 Å². The van der Waals surface area contributed by atoms with Gasteiger partial charge < -0.3 is 38.4 Å². The second-order valence-electron chi connectivity index (χ2n) is 16.8. The van der Waals surface area contributed by atoms with Crippen molar-refractivity contribution in [3.8, 4) is 28.3 Å². The first kappa shape index (κ1) is 46.9. The number of aryl methyl sites for hydroxylation is 3. The molecule has 0 bridgehead atoms. The van der Waals surface area contributed by atoms with Crippen molar-refractivity contribution < 1.29 is 34.7 Å². The minimum absolute atomic E-state index is 0.0478. The van der Waals surface area contributed by atoms with Gasteiger partial charge in [0.1, 0.15) is 5.75 Å². The highest BCUT2D eigenvalue weighted by atomic mass is 19.1. The molecule has 0 spiro atoms. The quantitative estimate of drug-likeness (QED) is 0.133. The second kappa shape index (κ2) is 20.9. The maximum atomic E-state index is 13.7. The number of nitrogens with zero attached hydrogens (tertiary/aromatic N) is 8. The number of carboxylic acid groups (broad SMARTS) is 1. The summed E-state index contributed by atoms with van der Waals surface area (Å²) in [5.74, 6) is -0.701. The fourth-order valence-electron chi connectivity index (χ4n) is 9.50. The molecule has 3 N–H and O–H groups in total. The van der Waals surface area contributed by atoms with E-state index < -0.39 is 13.1 Å². The van der Waals surface area contributed by atoms with Crippen molar-refractivity contribution in [2.45, 2.75) is 53.2 Å². The number of carbonyl (C=O) groups is 2. The van der Waals surface area contributed by atoms with Crippen LogP contribution in [0.4, 0.5) is 4.39 Å². The molecule has 0 aliphatic carbocycles. The van der Waals surface area contributed by atoms with Crippen LogP contribution in [-0.2, 0) is 30.1 Å². The summed E-state index contributed by atoms with van der Waals surface area (Å²) in [6.45, 7) is 16.2. The highest BCUT2D eigenvalue weighted by Crippen LogP contribution is 2.35. The maximum absolute atomic E-state index is 13.7. The summed E-state index contributed by atoms with van der Waals surface area (Å²) in [5, 5.41) is 21.3. The van der Waals surface area contributed by atoms with Crippen molar-refractivity contribution in [3.05, 3.63) is 123 Å². The number of rotatable bonds is 11. The summed E-state index contributed by atoms with van der Waals surface area (Å²) in [6, 6.07) is 13.6. The molecule has 2 atom stereocenters. The molecule has 7 aromatic rings. The van der Waals surface area contributed by atoms with Crippen LogP contribution in [0.1, 0.15) is 81.8 Å². The Labute approximate surface area is 390 Å². The van der Waals surface area contributed by atoms with E-state index in [4.69, 9.17) is 15.6 Å². The number of aromatic carboxylic acids is 1. The van der Waals surface area contributed by atoms with Crippen molar-refractivity contribution in [2.24, 2.45) is 14.1 Å². The van der Waals surface area contributed by atoms with E-state index in [0.29, 0.717) is 54.6 Å². The standard InChI is InChI=1S/C28H34N6O4.C20H24N4O3.CH3F/c1-17-14-25(37-5)22(28(36)31-17)16-29-27(35)21-15-24-20(23-6-8-30-32(23)4)7-9-34(24)26(18(21)2)19(3)33-10-12-38-13-11-33;1-13-16(20(25)26)12-18-15(17-4-6-21-22(17)3)5-7-24(18)19(13)14(2)23-8-10-27-11-9-23;1-2/h6-9,14-15,19H,10-13,16H2,1-5H3,(H,29,35)(H,31,36);4-7,12,14H,8-11H2,1-3H3,(H,25,26);1H3/i;;1D. The molecule has 2 aliphatic rings. The normalized spacial score (nSPS) is 15.6. The minimum Gasteiger partial charge on any atom is -0.496 e. The molecule has 7 aromatic heterocycles. The molecule has 0 saturated carbocycles. The predicted octanol–water partition coefficient (Wildman–Crippen LogP) is 6.30. The Morgan fingerprint density at radius 2 is 1.28 bits per heavy atom. The number of nitrogens with one attached hydrogen (secondary N) is 2. The third-order valence-electron chi connectivity index (χ3n) is 13.0. The molecule has 9 rings (SSSR count). The van der Waals surface area contributed by atoms with Crippen molar-refractivity contribution in [1.82, 2.24) is 48.5 Å². The molecular formula is C49H61FN10O7. The first-order valence-electron chi connectivity index (χ1n) is 22.9. The molecule has 0 radical (unpaired) electrons. The molecule has 356 valence electrons. The number of carbonyl (C=O) groups excluding carboxylic acids is 1. The molecular weight excluding hydrogens is 860 g/mol. The van der Waals surface area contributed by atoms with Crippen LogP contribution in [0.2, 0.25) is 0 Å². The van der Waals surface area contributed by atoms with Gasteiger partial charge in [0.25, 0.3) is 11.5 Å². The van der Waals surface area contributed by atoms with Crippen molar-refractivity contribution in [2.75, 3.05) is 66.9 Å². The number of hydrogen-bond acceptors (Lipinski definition) is 10. The largest absolute Gasteiger partial charge is 0.496 e. The van der Waals surface area contributed by atoms with Crippen LogP contribution in [0.3, 0.4) is 0 Å². The number of H-pyrrole nitrogens is 1. The first-order valence-corrected chi connectivity index (χ1v) is 22.2. The zero-order chi connectivity index (χ0) is 48.8. The second-order valence-corrected chi connectivity index (χ2v) is 16.8. The van der Waals surface area contributed by atoms with E-state index in [0.717, 1.165) is 82.2 Å². The number of hydrogen-bond donors (Lipinski definition) is 3. The Morgan fingerprint density at radius 1 is 0.821 bits per heavy atom. The van der Waals surface area contributed by atoms with Gasteiger partial charge in [-0.05, 0) is 88.2 Å². The van der Waals surface area contributed by atoms with Gasteiger partial charge in [-0.2, -0.15) is 10.2 Å². The van der Waals surface area contributed by atoms with E-state index in [1.54, 1.807) is 36.1 Å². The number of alkyl halides is 1. The van der Waals surface area contributed by atoms with Crippen molar-refractivity contribution in [3.63, 3.8) is 0 Å². The highest BCUT2D eigenvalue weighted by molar-refractivity contribution is 5.98. The molecule has 17 nitrogen and oxygen atoms in total. The Hall–Kier alpha value is -6.60. The van der Waals surface area contributed by atoms with E-state index in [9.17, 15) is 23.9 Å². The Kier molecular flexibility index (Phi) is 14.6. The van der Waals surface area contributed by atoms with E-state index >= 15 is 0 Å². The molecule has 9 heterocycles. The van der Waals surface area contributed by atoms with Crippen molar-refractivity contribution in [1.29, 1.82) is 0 Å². The fraction of sp³-hybridized carbons (Fsp3) is 0.408. The monoisotopic (exact) mass is 921 g/mol. The minimum atomic E-state index is -1.00. The average molecular weight is 922 g/mol. The summed E-state index contributed by atoms with van der Waals surface area (Å²) in [6.07, 6.45) is 7.62. The summed E-state index contributed by atoms with van der Waals surface area (Å²) in [7, 11) is 4.32. The number of morpholine rings is 2. The summed E-state index contributed by atoms with van der Waals surface area (Å²) < 4.78 is 39.9. The highest BCUT2D eigenvalue weighted by Gasteiger charge is 2.28. The average Bonchev–Trinajstić information content (AvgIpc) is 4.15. The number of ether oxygens (including phenoxy) is 3. The van der Waals surface area contributed by atoms with Gasteiger partial charge in [-0.1, -0.05) is 0 Å². The van der Waals surface area contributed by atoms with E-state index in [1.165, 1.54) is 7.11 Å². The van der Waals surface area contributed by atoms with Gasteiger partial charge in [0.15, 0.2) is 0 Å². The lowest BCUT2D eigenvalue weighted by Gasteiger charge is -2.34. The predicted molar refractivity (Wildman–Crippen MR) is 254 cm³/mol. The lowest BCUT2D eigenvalue weighted by molar-refractivity contribution is 0.0186. The molecule has 67 heavy (non-hydrogen) atoms. The van der Waals surface area contributed by atoms with Gasteiger partial charge in [0.2, 0.25) is 0 Å². The third kappa shape index (κ3) is 9.65. The summed E-state index contributed by atoms with van der Waals surface area (Å²) in [4.78, 5) is 45.7. The number of halogens is 1. The Morgan fingerprint density at radius 3 is 1.72 bits per heavy atom. The molecule has 2 saturated heterocycles. The van der Waals surface area contributed by atoms with E-state index in [1.807, 2.05) is 63.1 Å². The van der Waals surface area contributed by atoms with Crippen molar-refractivity contribution >= 4 is 22.9 Å². The zero-order valence-electron chi connectivity index (χ0n) is 40.4. The molecule has 2 aliphatic heterocycles. The number of methoxy groups -OCH3 is 1. The number of fused-ring (bicyclic) bond motifs is 2. The van der Waals surface area contributed by atoms with Crippen LogP contribution in [0.25, 0.3) is 33.5 Å². The number of aromatic nitrogens is 7. The topological polar surface area (TPSA) is 178 Å². The smallest absolute Gasteiger partial charge is 0.336 e. The number of amides is 1. The molecule has 2 unspecified atom stereocenters. The maximum Gasteiger partial charge on any atom is 0.336 e. The third-order valence-corrected chi connectivity index (χ3v) is 13.0. The Bertz CT molecular complexity index is 2960. The van der Waals surface area contributed by atoms with Crippen LogP contribution in [0.15, 0.2) is 72.0 Å². The van der Waals surface area contributed by atoms with E-state index in [-0.39, 0.29) is 30.1 Å². The van der Waals surface area contributed by atoms with Crippen LogP contribution in [-0.4, -0.2) is 127 Å². The van der Waals surface area contributed by atoms with Crippen LogP contribution >= 0.6 is 0 Å². The fourth-order valence-corrected chi connectivity index (χ4v) is 9.50. The number of aromatic amines is 1. The van der Waals surface area contributed by atoms with Crippen LogP contribution < -0.4 is 15.6 Å². The van der Waals surface area contributed by atoms with Crippen LogP contribution in [0.5, 0.6) is 5.75 Å². The van der Waals surface area contributed by atoms with E-state index in [2.05, 4.69) is 65.2 Å². The van der Waals surface area contributed by atoms with Gasteiger partial charge in [-0.25, -0.2) is 4.79 Å². The molecule has 18 heteroatoms. The molecule has 1 amide bonds. The Balaban J connectivity index is 0.000000200. The van der Waals surface area contributed by atoms with Crippen LogP contribution in [0, 0.1) is 20.8 Å². The van der Waals surface area contributed by atoms with Gasteiger partial charge in [-0.15, -0.1) is 0 Å². The summed E-state index contributed by atoms with van der Waals surface area (Å²) in [5.41, 5.74) is 11.2. The number of carboxylic acids is 1. The lowest BCUT2D eigenvalue weighted by atomic mass is 9.99. The zero-order valence-corrected chi connectivity index (χ0v) is 39.4. The lowest BCUT2D eigenvalue weighted by Crippen LogP contribution is -2.39. The van der Waals surface area contributed by atoms with Gasteiger partial charge in [-0.3, -0.25) is 33.1 Å².